The van der Waals surface area contributed by atoms with Gasteiger partial charge in [0.2, 0.25) is 0 Å². The standard InChI is InChI=1S/C21H17BrN4O6S/c22-13-4-2-1-3-11(13)6-26-15-8-25(20(31)14-9-33-10-24-14)7-12(15)18(29)17(21(26)32)19(30)23-5-16(27)28/h1-4,9-10,29H,5-8H2,(H,23,30)(H,27,28). The van der Waals surface area contributed by atoms with E-state index in [-0.39, 0.29) is 36.8 Å². The normalized spacial score (nSPS) is 12.5. The third kappa shape index (κ3) is 4.39. The van der Waals surface area contributed by atoms with Gasteiger partial charge in [-0.05, 0) is 11.6 Å². The number of halogens is 1. The zero-order valence-corrected chi connectivity index (χ0v) is 19.4. The number of hydrogen-bond acceptors (Lipinski definition) is 7. The molecule has 0 unspecified atom stereocenters. The lowest BCUT2D eigenvalue weighted by Gasteiger charge is -2.16. The van der Waals surface area contributed by atoms with Gasteiger partial charge in [0.05, 0.1) is 25.1 Å². The van der Waals surface area contributed by atoms with Crippen LogP contribution in [0.5, 0.6) is 5.75 Å². The maximum Gasteiger partial charge on any atom is 0.322 e. The highest BCUT2D eigenvalue weighted by atomic mass is 79.9. The van der Waals surface area contributed by atoms with Crippen molar-refractivity contribution in [1.29, 1.82) is 0 Å². The first kappa shape index (κ1) is 22.7. The highest BCUT2D eigenvalue weighted by molar-refractivity contribution is 9.10. The van der Waals surface area contributed by atoms with Crippen molar-refractivity contribution in [2.24, 2.45) is 0 Å². The molecule has 0 atom stereocenters. The molecule has 0 saturated carbocycles. The molecule has 0 saturated heterocycles. The number of nitrogens with one attached hydrogen (secondary N) is 1. The zero-order chi connectivity index (χ0) is 23.7. The number of carbonyl (C=O) groups excluding carboxylic acids is 2. The van der Waals surface area contributed by atoms with E-state index >= 15 is 0 Å². The van der Waals surface area contributed by atoms with Crippen LogP contribution >= 0.6 is 27.3 Å². The van der Waals surface area contributed by atoms with Gasteiger partial charge in [0.15, 0.2) is 0 Å². The summed E-state index contributed by atoms with van der Waals surface area (Å²) in [6.45, 7) is -0.642. The molecule has 0 radical (unpaired) electrons. The lowest BCUT2D eigenvalue weighted by molar-refractivity contribution is -0.135. The first-order valence-electron chi connectivity index (χ1n) is 9.66. The number of pyridine rings is 1. The van der Waals surface area contributed by atoms with Crippen LogP contribution in [0.1, 0.15) is 37.7 Å². The van der Waals surface area contributed by atoms with E-state index in [0.29, 0.717) is 5.69 Å². The van der Waals surface area contributed by atoms with Crippen molar-refractivity contribution in [2.45, 2.75) is 19.6 Å². The van der Waals surface area contributed by atoms with E-state index in [4.69, 9.17) is 5.11 Å². The van der Waals surface area contributed by atoms with Gasteiger partial charge in [0, 0.05) is 21.1 Å². The van der Waals surface area contributed by atoms with Crippen LogP contribution in [-0.2, 0) is 24.4 Å². The van der Waals surface area contributed by atoms with E-state index < -0.39 is 35.3 Å². The van der Waals surface area contributed by atoms with Gasteiger partial charge in [-0.3, -0.25) is 19.2 Å². The topological polar surface area (TPSA) is 142 Å². The summed E-state index contributed by atoms with van der Waals surface area (Å²) in [4.78, 5) is 55.1. The smallest absolute Gasteiger partial charge is 0.322 e. The Bertz CT molecular complexity index is 1320. The SMILES string of the molecule is O=C(O)CNC(=O)c1c(O)c2c(n(Cc3ccccc3Br)c1=O)CN(C(=O)c1cscn1)C2. The minimum absolute atomic E-state index is 0.0347. The molecule has 1 aliphatic rings. The quantitative estimate of drug-likeness (QED) is 0.439. The average molecular weight is 533 g/mol. The largest absolute Gasteiger partial charge is 0.506 e. The van der Waals surface area contributed by atoms with E-state index in [1.807, 2.05) is 6.07 Å². The molecule has 4 rings (SSSR count). The number of aromatic hydroxyl groups is 1. The van der Waals surface area contributed by atoms with E-state index in [2.05, 4.69) is 26.2 Å². The molecule has 170 valence electrons. The van der Waals surface area contributed by atoms with Crippen LogP contribution in [0.2, 0.25) is 0 Å². The van der Waals surface area contributed by atoms with Crippen LogP contribution in [0.3, 0.4) is 0 Å². The minimum Gasteiger partial charge on any atom is -0.506 e. The molecule has 1 aliphatic heterocycles. The second kappa shape index (κ2) is 9.16. The molecule has 10 nitrogen and oxygen atoms in total. The molecule has 3 heterocycles. The number of aromatic nitrogens is 2. The fourth-order valence-electron chi connectivity index (χ4n) is 3.62. The second-order valence-electron chi connectivity index (χ2n) is 7.24. The Kier molecular flexibility index (Phi) is 6.29. The summed E-state index contributed by atoms with van der Waals surface area (Å²) in [5.41, 5.74) is 1.82. The second-order valence-corrected chi connectivity index (χ2v) is 8.82. The molecule has 3 N–H and O–H groups in total. The Balaban J connectivity index is 1.81. The molecule has 12 heteroatoms. The lowest BCUT2D eigenvalue weighted by atomic mass is 10.1. The average Bonchev–Trinajstić information content (AvgIpc) is 3.46. The molecule has 3 aromatic rings. The summed E-state index contributed by atoms with van der Waals surface area (Å²) in [6, 6.07) is 7.22. The first-order valence-corrected chi connectivity index (χ1v) is 11.4. The van der Waals surface area contributed by atoms with Gasteiger partial charge in [0.1, 0.15) is 23.6 Å². The van der Waals surface area contributed by atoms with Gasteiger partial charge >= 0.3 is 5.97 Å². The Morgan fingerprint density at radius 2 is 1.97 bits per heavy atom. The molecular weight excluding hydrogens is 516 g/mol. The molecular formula is C21H17BrN4O6S. The monoisotopic (exact) mass is 532 g/mol. The van der Waals surface area contributed by atoms with Gasteiger partial charge < -0.3 is 25.0 Å². The minimum atomic E-state index is -1.29. The molecule has 33 heavy (non-hydrogen) atoms. The Hall–Kier alpha value is -3.51. The van der Waals surface area contributed by atoms with Crippen LogP contribution in [0.25, 0.3) is 0 Å². The van der Waals surface area contributed by atoms with E-state index in [1.165, 1.54) is 26.3 Å². The van der Waals surface area contributed by atoms with Gasteiger partial charge in [-0.1, -0.05) is 34.1 Å². The van der Waals surface area contributed by atoms with E-state index in [9.17, 15) is 24.3 Å². The molecule has 0 fully saturated rings. The number of carboxylic acids is 1. The van der Waals surface area contributed by atoms with Crippen molar-refractivity contribution in [2.75, 3.05) is 6.54 Å². The number of benzene rings is 1. The number of hydrogen-bond donors (Lipinski definition) is 3. The summed E-state index contributed by atoms with van der Waals surface area (Å²) in [5.74, 6) is -3.23. The Morgan fingerprint density at radius 3 is 2.64 bits per heavy atom. The van der Waals surface area contributed by atoms with Gasteiger partial charge in [-0.25, -0.2) is 4.98 Å². The zero-order valence-electron chi connectivity index (χ0n) is 16.9. The summed E-state index contributed by atoms with van der Waals surface area (Å²) >= 11 is 4.71. The van der Waals surface area contributed by atoms with Crippen molar-refractivity contribution in [3.63, 3.8) is 0 Å². The predicted molar refractivity (Wildman–Crippen MR) is 121 cm³/mol. The highest BCUT2D eigenvalue weighted by Crippen LogP contribution is 2.33. The van der Waals surface area contributed by atoms with Crippen LogP contribution in [0, 0.1) is 0 Å². The lowest BCUT2D eigenvalue weighted by Crippen LogP contribution is -2.37. The summed E-state index contributed by atoms with van der Waals surface area (Å²) in [5, 5.41) is 23.4. The van der Waals surface area contributed by atoms with Crippen molar-refractivity contribution in [3.8, 4) is 5.75 Å². The first-order chi connectivity index (χ1) is 15.8. The third-order valence-corrected chi connectivity index (χ3v) is 6.56. The highest BCUT2D eigenvalue weighted by Gasteiger charge is 2.34. The maximum atomic E-state index is 13.3. The molecule has 0 bridgehead atoms. The van der Waals surface area contributed by atoms with Crippen LogP contribution < -0.4 is 10.9 Å². The molecule has 2 aromatic heterocycles. The van der Waals surface area contributed by atoms with Crippen LogP contribution in [0.15, 0.2) is 44.4 Å². The summed E-state index contributed by atoms with van der Waals surface area (Å²) in [7, 11) is 0. The fraction of sp³-hybridized carbons (Fsp3) is 0.190. The number of nitrogens with zero attached hydrogens (tertiary/aromatic N) is 3. The number of amides is 2. The molecule has 0 spiro atoms. The van der Waals surface area contributed by atoms with Crippen molar-refractivity contribution in [3.05, 3.63) is 78.1 Å². The number of carbonyl (C=O) groups is 3. The predicted octanol–water partition coefficient (Wildman–Crippen LogP) is 1.79. The van der Waals surface area contributed by atoms with E-state index in [0.717, 1.165) is 10.0 Å². The fourth-order valence-corrected chi connectivity index (χ4v) is 4.56. The van der Waals surface area contributed by atoms with Crippen molar-refractivity contribution in [1.82, 2.24) is 19.8 Å². The number of fused-ring (bicyclic) bond motifs is 1. The van der Waals surface area contributed by atoms with E-state index in [1.54, 1.807) is 23.6 Å². The number of thiazole rings is 1. The van der Waals surface area contributed by atoms with Crippen molar-refractivity contribution < 1.29 is 24.6 Å². The van der Waals surface area contributed by atoms with Gasteiger partial charge in [-0.15, -0.1) is 11.3 Å². The maximum absolute atomic E-state index is 13.3. The number of carboxylic acid groups (broad SMARTS) is 1. The number of rotatable bonds is 6. The summed E-state index contributed by atoms with van der Waals surface area (Å²) < 4.78 is 2.07. The third-order valence-electron chi connectivity index (χ3n) is 5.20. The van der Waals surface area contributed by atoms with Crippen LogP contribution in [0.4, 0.5) is 0 Å². The molecule has 2 amide bonds. The number of aliphatic carboxylic acids is 1. The summed E-state index contributed by atoms with van der Waals surface area (Å²) in [6.07, 6.45) is 0. The van der Waals surface area contributed by atoms with Gasteiger partial charge in [-0.2, -0.15) is 0 Å². The van der Waals surface area contributed by atoms with Crippen LogP contribution in [-0.4, -0.2) is 49.0 Å². The molecule has 0 aliphatic carbocycles. The van der Waals surface area contributed by atoms with Gasteiger partial charge in [0.25, 0.3) is 17.4 Å². The molecule has 1 aromatic carbocycles. The van der Waals surface area contributed by atoms with Crippen molar-refractivity contribution >= 4 is 45.1 Å². The Morgan fingerprint density at radius 1 is 1.21 bits per heavy atom. The Labute approximate surface area is 199 Å².